The van der Waals surface area contributed by atoms with Crippen LogP contribution in [0, 0.1) is 0 Å². The molecule has 1 aromatic heterocycles. The molecule has 0 spiro atoms. The summed E-state index contributed by atoms with van der Waals surface area (Å²) < 4.78 is 15.0. The number of halogens is 1. The van der Waals surface area contributed by atoms with Gasteiger partial charge in [-0.1, -0.05) is 48.5 Å². The highest BCUT2D eigenvalue weighted by Crippen LogP contribution is 2.32. The Kier molecular flexibility index (Phi) is 5.68. The summed E-state index contributed by atoms with van der Waals surface area (Å²) in [5.41, 5.74) is 9.26. The second-order valence-corrected chi connectivity index (χ2v) is 8.09. The molecule has 0 aliphatic carbocycles. The van der Waals surface area contributed by atoms with Crippen molar-refractivity contribution in [2.24, 2.45) is 0 Å². The average molecular weight is 434 g/mol. The molecule has 0 saturated carbocycles. The van der Waals surface area contributed by atoms with Crippen LogP contribution in [0.4, 0.5) is 15.8 Å². The standard InChI is InChI=1S/C24H20FN3O2S/c1-27-24(30)22(25)17-8-7-16-12-21(31-20(16)13-17)23(29)28-19-11-15(9-10-18(19)26)14-5-3-2-4-6-14/h2-13,22H,26H2,1H3,(H,27,30)(H,28,29). The maximum atomic E-state index is 14.2. The number of thiophene rings is 1. The summed E-state index contributed by atoms with van der Waals surface area (Å²) in [6.45, 7) is 0. The van der Waals surface area contributed by atoms with Gasteiger partial charge in [0.25, 0.3) is 11.8 Å². The first-order valence-corrected chi connectivity index (χ1v) is 10.4. The van der Waals surface area contributed by atoms with E-state index in [4.69, 9.17) is 5.73 Å². The van der Waals surface area contributed by atoms with E-state index >= 15 is 0 Å². The molecule has 0 aliphatic heterocycles. The second kappa shape index (κ2) is 8.57. The van der Waals surface area contributed by atoms with E-state index in [2.05, 4.69) is 10.6 Å². The third kappa shape index (κ3) is 4.27. The van der Waals surface area contributed by atoms with Crippen LogP contribution in [-0.2, 0) is 4.79 Å². The lowest BCUT2D eigenvalue weighted by Crippen LogP contribution is -2.22. The van der Waals surface area contributed by atoms with Crippen molar-refractivity contribution in [3.8, 4) is 11.1 Å². The lowest BCUT2D eigenvalue weighted by Gasteiger charge is -2.10. The molecule has 4 N–H and O–H groups in total. The molecular weight excluding hydrogens is 413 g/mol. The van der Waals surface area contributed by atoms with Crippen LogP contribution in [0.1, 0.15) is 21.4 Å². The molecular formula is C24H20FN3O2S. The third-order valence-corrected chi connectivity index (χ3v) is 6.04. The Labute approximate surface area is 182 Å². The molecule has 0 saturated heterocycles. The number of carbonyl (C=O) groups is 2. The molecule has 3 aromatic carbocycles. The maximum Gasteiger partial charge on any atom is 0.265 e. The molecule has 0 radical (unpaired) electrons. The molecule has 156 valence electrons. The van der Waals surface area contributed by atoms with Crippen molar-refractivity contribution in [1.29, 1.82) is 0 Å². The van der Waals surface area contributed by atoms with Crippen LogP contribution < -0.4 is 16.4 Å². The van der Waals surface area contributed by atoms with Crippen LogP contribution >= 0.6 is 11.3 Å². The highest BCUT2D eigenvalue weighted by molar-refractivity contribution is 7.20. The number of hydrogen-bond acceptors (Lipinski definition) is 4. The Balaban J connectivity index is 1.59. The van der Waals surface area contributed by atoms with Crippen molar-refractivity contribution in [3.05, 3.63) is 83.2 Å². The van der Waals surface area contributed by atoms with Gasteiger partial charge in [0.2, 0.25) is 6.17 Å². The van der Waals surface area contributed by atoms with Crippen molar-refractivity contribution in [2.75, 3.05) is 18.1 Å². The number of likely N-dealkylation sites (N-methyl/N-ethyl adjacent to an activating group) is 1. The monoisotopic (exact) mass is 433 g/mol. The topological polar surface area (TPSA) is 84.2 Å². The van der Waals surface area contributed by atoms with Crippen molar-refractivity contribution in [1.82, 2.24) is 5.32 Å². The first kappa shape index (κ1) is 20.6. The van der Waals surface area contributed by atoms with Gasteiger partial charge in [-0.15, -0.1) is 11.3 Å². The highest BCUT2D eigenvalue weighted by atomic mass is 32.1. The molecule has 0 aliphatic rings. The van der Waals surface area contributed by atoms with Gasteiger partial charge in [-0.3, -0.25) is 9.59 Å². The first-order valence-electron chi connectivity index (χ1n) is 9.61. The fourth-order valence-corrected chi connectivity index (χ4v) is 4.26. The van der Waals surface area contributed by atoms with Crippen molar-refractivity contribution in [2.45, 2.75) is 6.17 Å². The summed E-state index contributed by atoms with van der Waals surface area (Å²) in [5, 5.41) is 5.97. The number of alkyl halides is 1. The average Bonchev–Trinajstić information content (AvgIpc) is 3.23. The number of fused-ring (bicyclic) bond motifs is 1. The minimum Gasteiger partial charge on any atom is -0.397 e. The van der Waals surface area contributed by atoms with E-state index < -0.39 is 12.1 Å². The number of rotatable bonds is 5. The SMILES string of the molecule is CNC(=O)C(F)c1ccc2cc(C(=O)Nc3cc(-c4ccccc4)ccc3N)sc2c1. The second-order valence-electron chi connectivity index (χ2n) is 7.01. The molecule has 4 aromatic rings. The number of amides is 2. The lowest BCUT2D eigenvalue weighted by atomic mass is 10.0. The summed E-state index contributed by atoms with van der Waals surface area (Å²) >= 11 is 1.23. The predicted octanol–water partition coefficient (Wildman–Crippen LogP) is 5.16. The molecule has 1 atom stereocenters. The van der Waals surface area contributed by atoms with Crippen LogP contribution in [0.2, 0.25) is 0 Å². The first-order chi connectivity index (χ1) is 15.0. The van der Waals surface area contributed by atoms with Crippen molar-refractivity contribution in [3.63, 3.8) is 0 Å². The number of nitrogens with one attached hydrogen (secondary N) is 2. The smallest absolute Gasteiger partial charge is 0.265 e. The zero-order valence-electron chi connectivity index (χ0n) is 16.7. The molecule has 5 nitrogen and oxygen atoms in total. The maximum absolute atomic E-state index is 14.2. The molecule has 7 heteroatoms. The zero-order valence-corrected chi connectivity index (χ0v) is 17.5. The van der Waals surface area contributed by atoms with E-state index in [1.165, 1.54) is 18.4 Å². The normalized spacial score (nSPS) is 11.8. The van der Waals surface area contributed by atoms with Crippen molar-refractivity contribution < 1.29 is 14.0 Å². The molecule has 0 fully saturated rings. The number of nitrogens with two attached hydrogens (primary N) is 1. The van der Waals surface area contributed by atoms with Crippen molar-refractivity contribution >= 4 is 44.6 Å². The van der Waals surface area contributed by atoms with Gasteiger partial charge in [0, 0.05) is 11.7 Å². The lowest BCUT2D eigenvalue weighted by molar-refractivity contribution is -0.125. The molecule has 1 unspecified atom stereocenters. The van der Waals surface area contributed by atoms with Gasteiger partial charge in [0.05, 0.1) is 16.3 Å². The molecule has 0 bridgehead atoms. The quantitative estimate of drug-likeness (QED) is 0.380. The number of benzene rings is 3. The minimum absolute atomic E-state index is 0.250. The molecule has 2 amide bonds. The number of carbonyl (C=O) groups excluding carboxylic acids is 2. The largest absolute Gasteiger partial charge is 0.397 e. The molecule has 4 rings (SSSR count). The Bertz CT molecular complexity index is 1270. The van der Waals surface area contributed by atoms with Gasteiger partial charge in [-0.25, -0.2) is 4.39 Å². The van der Waals surface area contributed by atoms with Gasteiger partial charge in [0.15, 0.2) is 0 Å². The van der Waals surface area contributed by atoms with E-state index in [0.29, 0.717) is 16.3 Å². The van der Waals surface area contributed by atoms with E-state index in [1.807, 2.05) is 42.5 Å². The Morgan fingerprint density at radius 3 is 2.48 bits per heavy atom. The number of hydrogen-bond donors (Lipinski definition) is 3. The Morgan fingerprint density at radius 2 is 1.74 bits per heavy atom. The van der Waals surface area contributed by atoms with Gasteiger partial charge in [-0.2, -0.15) is 0 Å². The van der Waals surface area contributed by atoms with Crippen LogP contribution in [-0.4, -0.2) is 18.9 Å². The van der Waals surface area contributed by atoms with Crippen LogP contribution in [0.5, 0.6) is 0 Å². The fraction of sp³-hybridized carbons (Fsp3) is 0.0833. The van der Waals surface area contributed by atoms with Gasteiger partial charge >= 0.3 is 0 Å². The van der Waals surface area contributed by atoms with E-state index in [0.717, 1.165) is 21.2 Å². The van der Waals surface area contributed by atoms with Gasteiger partial charge in [0.1, 0.15) is 0 Å². The zero-order chi connectivity index (χ0) is 22.0. The summed E-state index contributed by atoms with van der Waals surface area (Å²) in [4.78, 5) is 24.9. The van der Waals surface area contributed by atoms with Crippen LogP contribution in [0.15, 0.2) is 72.8 Å². The Morgan fingerprint density at radius 1 is 0.968 bits per heavy atom. The Hall–Kier alpha value is -3.71. The summed E-state index contributed by atoms with van der Waals surface area (Å²) in [6.07, 6.45) is -1.76. The highest BCUT2D eigenvalue weighted by Gasteiger charge is 2.19. The predicted molar refractivity (Wildman–Crippen MR) is 124 cm³/mol. The van der Waals surface area contributed by atoms with E-state index in [1.54, 1.807) is 30.3 Å². The number of anilines is 2. The summed E-state index contributed by atoms with van der Waals surface area (Å²) in [7, 11) is 1.39. The van der Waals surface area contributed by atoms with E-state index in [9.17, 15) is 14.0 Å². The number of nitrogen functional groups attached to an aromatic ring is 1. The van der Waals surface area contributed by atoms with Crippen LogP contribution in [0.25, 0.3) is 21.2 Å². The summed E-state index contributed by atoms with van der Waals surface area (Å²) in [6, 6.07) is 21.9. The van der Waals surface area contributed by atoms with E-state index in [-0.39, 0.29) is 11.5 Å². The fourth-order valence-electron chi connectivity index (χ4n) is 3.25. The van der Waals surface area contributed by atoms with Gasteiger partial charge < -0.3 is 16.4 Å². The van der Waals surface area contributed by atoms with Crippen LogP contribution in [0.3, 0.4) is 0 Å². The molecule has 31 heavy (non-hydrogen) atoms. The third-order valence-electron chi connectivity index (χ3n) is 4.95. The molecule has 1 heterocycles. The van der Waals surface area contributed by atoms with Gasteiger partial charge in [-0.05, 0) is 46.3 Å². The summed E-state index contributed by atoms with van der Waals surface area (Å²) in [5.74, 6) is -1.01. The minimum atomic E-state index is -1.76.